The number of hydrogen-bond acceptors (Lipinski definition) is 5. The van der Waals surface area contributed by atoms with E-state index in [0.29, 0.717) is 0 Å². The normalized spacial score (nSPS) is 11.4. The van der Waals surface area contributed by atoms with Crippen LogP contribution in [0.5, 0.6) is 0 Å². The third-order valence-corrected chi connectivity index (χ3v) is 2.01. The molecule has 0 aromatic heterocycles. The Balaban J connectivity index is 2.41. The van der Waals surface area contributed by atoms with Crippen LogP contribution in [0.2, 0.25) is 0 Å². The minimum atomic E-state index is -1.75. The molecule has 0 fully saturated rings. The van der Waals surface area contributed by atoms with Gasteiger partial charge in [0, 0.05) is 0 Å². The molecule has 1 aromatic rings. The van der Waals surface area contributed by atoms with E-state index in [1.54, 1.807) is 24.3 Å². The van der Waals surface area contributed by atoms with Crippen molar-refractivity contribution in [3.63, 3.8) is 0 Å². The van der Waals surface area contributed by atoms with Crippen LogP contribution in [-0.4, -0.2) is 29.1 Å². The van der Waals surface area contributed by atoms with Crippen LogP contribution in [0.15, 0.2) is 30.3 Å². The van der Waals surface area contributed by atoms with Crippen molar-refractivity contribution in [2.45, 2.75) is 19.6 Å². The van der Waals surface area contributed by atoms with Gasteiger partial charge in [-0.2, -0.15) is 0 Å². The lowest BCUT2D eigenvalue weighted by Gasteiger charge is -2.11. The highest BCUT2D eigenvalue weighted by atomic mass is 16.6. The molecule has 6 nitrogen and oxygen atoms in total. The first kappa shape index (κ1) is 13.7. The Morgan fingerprint density at radius 2 is 1.83 bits per heavy atom. The number of carbonyl (C=O) groups is 3. The molecule has 0 aliphatic heterocycles. The van der Waals surface area contributed by atoms with Gasteiger partial charge in [0.05, 0.1) is 0 Å². The first-order valence-corrected chi connectivity index (χ1v) is 5.15. The number of aliphatic carboxylic acids is 1. The highest BCUT2D eigenvalue weighted by Gasteiger charge is 2.23. The molecular weight excluding hydrogens is 240 g/mol. The maximum Gasteiger partial charge on any atom is 0.418 e. The number of carboxylic acid groups (broad SMARTS) is 1. The van der Waals surface area contributed by atoms with E-state index in [9.17, 15) is 14.4 Å². The van der Waals surface area contributed by atoms with Crippen molar-refractivity contribution in [2.75, 3.05) is 0 Å². The molecule has 0 unspecified atom stereocenters. The molecule has 0 amide bonds. The first-order chi connectivity index (χ1) is 8.50. The van der Waals surface area contributed by atoms with Crippen LogP contribution in [0.3, 0.4) is 0 Å². The predicted molar refractivity (Wildman–Crippen MR) is 59.4 cm³/mol. The molecule has 0 bridgehead atoms. The molecule has 0 heterocycles. The summed E-state index contributed by atoms with van der Waals surface area (Å²) in [5.74, 6) is -4.04. The van der Waals surface area contributed by atoms with E-state index >= 15 is 0 Å². The molecular formula is C12H12O6. The second kappa shape index (κ2) is 6.39. The zero-order valence-corrected chi connectivity index (χ0v) is 9.66. The van der Waals surface area contributed by atoms with Gasteiger partial charge in [-0.3, -0.25) is 0 Å². The van der Waals surface area contributed by atoms with Crippen LogP contribution in [0.1, 0.15) is 12.5 Å². The van der Waals surface area contributed by atoms with Gasteiger partial charge in [0.25, 0.3) is 0 Å². The van der Waals surface area contributed by atoms with E-state index in [0.717, 1.165) is 5.56 Å². The zero-order valence-electron chi connectivity index (χ0n) is 9.66. The van der Waals surface area contributed by atoms with Gasteiger partial charge in [0.1, 0.15) is 6.61 Å². The number of rotatable bonds is 4. The SMILES string of the molecule is C[C@H](OC(=O)C(=O)O)C(=O)OCc1ccccc1. The number of hydrogen-bond donors (Lipinski definition) is 1. The average molecular weight is 252 g/mol. The molecule has 0 saturated heterocycles. The second-order valence-electron chi connectivity index (χ2n) is 3.45. The van der Waals surface area contributed by atoms with E-state index < -0.39 is 24.0 Å². The number of carbonyl (C=O) groups excluding carboxylic acids is 2. The molecule has 6 heteroatoms. The van der Waals surface area contributed by atoms with Crippen molar-refractivity contribution in [3.05, 3.63) is 35.9 Å². The van der Waals surface area contributed by atoms with Crippen molar-refractivity contribution >= 4 is 17.9 Å². The third kappa shape index (κ3) is 4.25. The Kier molecular flexibility index (Phi) is 4.86. The summed E-state index contributed by atoms with van der Waals surface area (Å²) in [7, 11) is 0. The molecule has 1 atom stereocenters. The summed E-state index contributed by atoms with van der Waals surface area (Å²) >= 11 is 0. The smallest absolute Gasteiger partial charge is 0.418 e. The monoisotopic (exact) mass is 252 g/mol. The van der Waals surface area contributed by atoms with Crippen molar-refractivity contribution in [1.82, 2.24) is 0 Å². The lowest BCUT2D eigenvalue weighted by molar-refractivity contribution is -0.174. The van der Waals surface area contributed by atoms with E-state index in [-0.39, 0.29) is 6.61 Å². The third-order valence-electron chi connectivity index (χ3n) is 2.01. The Morgan fingerprint density at radius 1 is 1.22 bits per heavy atom. The van der Waals surface area contributed by atoms with Crippen LogP contribution in [0, 0.1) is 0 Å². The van der Waals surface area contributed by atoms with Gasteiger partial charge in [0.15, 0.2) is 6.10 Å². The number of carboxylic acids is 1. The summed E-state index contributed by atoms with van der Waals surface area (Å²) in [5, 5.41) is 8.29. The Hall–Kier alpha value is -2.37. The Bertz CT molecular complexity index is 439. The summed E-state index contributed by atoms with van der Waals surface area (Å²) in [4.78, 5) is 32.3. The van der Waals surface area contributed by atoms with Gasteiger partial charge in [-0.1, -0.05) is 30.3 Å². The number of ether oxygens (including phenoxy) is 2. The van der Waals surface area contributed by atoms with Gasteiger partial charge in [0.2, 0.25) is 0 Å². The minimum absolute atomic E-state index is 0.0363. The quantitative estimate of drug-likeness (QED) is 0.628. The molecule has 0 radical (unpaired) electrons. The molecule has 96 valence electrons. The van der Waals surface area contributed by atoms with E-state index in [2.05, 4.69) is 4.74 Å². The van der Waals surface area contributed by atoms with Crippen LogP contribution in [-0.2, 0) is 30.5 Å². The van der Waals surface area contributed by atoms with Crippen molar-refractivity contribution in [2.24, 2.45) is 0 Å². The fraction of sp³-hybridized carbons (Fsp3) is 0.250. The minimum Gasteiger partial charge on any atom is -0.473 e. The average Bonchev–Trinajstić information content (AvgIpc) is 2.36. The Morgan fingerprint density at radius 3 is 2.39 bits per heavy atom. The molecule has 0 aliphatic carbocycles. The zero-order chi connectivity index (χ0) is 13.5. The predicted octanol–water partition coefficient (Wildman–Crippen LogP) is 0.746. The number of esters is 2. The standard InChI is InChI=1S/C12H12O6/c1-8(18-12(16)10(13)14)11(15)17-7-9-5-3-2-4-6-9/h2-6,8H,7H2,1H3,(H,13,14)/t8-/m0/s1. The van der Waals surface area contributed by atoms with Gasteiger partial charge >= 0.3 is 17.9 Å². The van der Waals surface area contributed by atoms with Gasteiger partial charge in [-0.25, -0.2) is 14.4 Å². The summed E-state index contributed by atoms with van der Waals surface area (Å²) < 4.78 is 9.21. The van der Waals surface area contributed by atoms with Crippen LogP contribution < -0.4 is 0 Å². The Labute approximate surface area is 103 Å². The largest absolute Gasteiger partial charge is 0.473 e. The molecule has 1 rings (SSSR count). The van der Waals surface area contributed by atoms with Crippen molar-refractivity contribution in [3.8, 4) is 0 Å². The fourth-order valence-electron chi connectivity index (χ4n) is 1.11. The fourth-order valence-corrected chi connectivity index (χ4v) is 1.11. The number of benzene rings is 1. The lowest BCUT2D eigenvalue weighted by Crippen LogP contribution is -2.29. The molecule has 1 aromatic carbocycles. The van der Waals surface area contributed by atoms with Crippen LogP contribution in [0.25, 0.3) is 0 Å². The summed E-state index contributed by atoms with van der Waals surface area (Å²) in [5.41, 5.74) is 0.780. The molecule has 0 spiro atoms. The van der Waals surface area contributed by atoms with Gasteiger partial charge < -0.3 is 14.6 Å². The maximum atomic E-state index is 11.4. The van der Waals surface area contributed by atoms with E-state index in [1.165, 1.54) is 6.92 Å². The van der Waals surface area contributed by atoms with E-state index in [4.69, 9.17) is 9.84 Å². The molecule has 18 heavy (non-hydrogen) atoms. The lowest BCUT2D eigenvalue weighted by atomic mass is 10.2. The molecule has 1 N–H and O–H groups in total. The van der Waals surface area contributed by atoms with E-state index in [1.807, 2.05) is 6.07 Å². The van der Waals surface area contributed by atoms with Crippen LogP contribution in [0.4, 0.5) is 0 Å². The van der Waals surface area contributed by atoms with Crippen molar-refractivity contribution in [1.29, 1.82) is 0 Å². The molecule has 0 aliphatic rings. The highest BCUT2D eigenvalue weighted by Crippen LogP contribution is 2.03. The first-order valence-electron chi connectivity index (χ1n) is 5.15. The summed E-state index contributed by atoms with van der Waals surface area (Å²) in [6, 6.07) is 8.93. The summed E-state index contributed by atoms with van der Waals surface area (Å²) in [6.45, 7) is 1.28. The maximum absolute atomic E-state index is 11.4. The summed E-state index contributed by atoms with van der Waals surface area (Å²) in [6.07, 6.45) is -1.25. The molecule has 0 saturated carbocycles. The van der Waals surface area contributed by atoms with Crippen molar-refractivity contribution < 1.29 is 29.0 Å². The van der Waals surface area contributed by atoms with Gasteiger partial charge in [-0.15, -0.1) is 0 Å². The second-order valence-corrected chi connectivity index (χ2v) is 3.45. The van der Waals surface area contributed by atoms with Crippen LogP contribution >= 0.6 is 0 Å². The highest BCUT2D eigenvalue weighted by molar-refractivity contribution is 6.28. The van der Waals surface area contributed by atoms with Gasteiger partial charge in [-0.05, 0) is 12.5 Å². The topological polar surface area (TPSA) is 89.9 Å².